The van der Waals surface area contributed by atoms with Gasteiger partial charge in [-0.25, -0.2) is 4.99 Å². The van der Waals surface area contributed by atoms with Crippen molar-refractivity contribution in [1.82, 2.24) is 4.90 Å². The van der Waals surface area contributed by atoms with Crippen LogP contribution in [0.2, 0.25) is 0 Å². The number of amides is 1. The lowest BCUT2D eigenvalue weighted by molar-refractivity contribution is -0.153. The molecule has 0 heterocycles. The fourth-order valence-corrected chi connectivity index (χ4v) is 6.97. The summed E-state index contributed by atoms with van der Waals surface area (Å²) in [7, 11) is 6.48. The number of fused-ring (bicyclic) bond motifs is 3. The van der Waals surface area contributed by atoms with E-state index >= 15 is 0 Å². The van der Waals surface area contributed by atoms with Crippen molar-refractivity contribution < 1.29 is 48.0 Å². The molecule has 48 heavy (non-hydrogen) atoms. The maximum Gasteiger partial charge on any atom is 0.416 e. The standard InChI is InChI=1S/C32H35F3N6O7/c1-40(2)19-11-14(12-38-30(37)39-16-7-5-15(6-8-16)32(33,34)35)24(42)21-17(19)9-13-10-18-23(41(3)4)26(44)22(29(36)47)28(46)31(18,48)27(45)20(13)25(21)43/h5-8,11,13,18,23,42-43,46,48H,9-10,12H2,1-4H3,(H2,36,47)(H3,37,38,39)/t13?,18?,23-,31-/m0/s1. The van der Waals surface area contributed by atoms with Crippen molar-refractivity contribution in [3.8, 4) is 5.75 Å². The number of phenolic OH excluding ortho intramolecular Hbond substituents is 1. The largest absolute Gasteiger partial charge is 0.508 e. The zero-order valence-corrected chi connectivity index (χ0v) is 26.4. The van der Waals surface area contributed by atoms with Gasteiger partial charge in [0.1, 0.15) is 22.8 Å². The van der Waals surface area contributed by atoms with E-state index in [9.17, 15) is 48.0 Å². The van der Waals surface area contributed by atoms with Gasteiger partial charge in [-0.15, -0.1) is 0 Å². The van der Waals surface area contributed by atoms with Crippen LogP contribution < -0.4 is 21.7 Å². The van der Waals surface area contributed by atoms with Gasteiger partial charge in [-0.05, 0) is 68.8 Å². The van der Waals surface area contributed by atoms with Crippen molar-refractivity contribution in [2.24, 2.45) is 28.3 Å². The number of primary amides is 1. The Labute approximate surface area is 272 Å². The van der Waals surface area contributed by atoms with Crippen molar-refractivity contribution in [1.29, 1.82) is 0 Å². The summed E-state index contributed by atoms with van der Waals surface area (Å²) >= 11 is 0. The number of guanidine groups is 1. The first-order valence-corrected chi connectivity index (χ1v) is 14.7. The third kappa shape index (κ3) is 5.39. The van der Waals surface area contributed by atoms with E-state index in [0.29, 0.717) is 11.3 Å². The van der Waals surface area contributed by atoms with Crippen LogP contribution in [-0.4, -0.2) is 88.6 Å². The molecule has 0 aliphatic heterocycles. The van der Waals surface area contributed by atoms with Crippen molar-refractivity contribution in [2.75, 3.05) is 38.4 Å². The second-order valence-corrected chi connectivity index (χ2v) is 12.5. The fraction of sp³-hybridized carbons (Fsp3) is 0.375. The number of aliphatic hydroxyl groups excluding tert-OH is 2. The number of nitrogens with one attached hydrogen (secondary N) is 1. The van der Waals surface area contributed by atoms with Crippen LogP contribution in [0.3, 0.4) is 0 Å². The Bertz CT molecular complexity index is 1820. The lowest BCUT2D eigenvalue weighted by Gasteiger charge is -2.50. The number of carbonyl (C=O) groups excluding carboxylic acids is 3. The number of ketones is 2. The van der Waals surface area contributed by atoms with Crippen LogP contribution in [0.15, 0.2) is 52.2 Å². The van der Waals surface area contributed by atoms with E-state index in [-0.39, 0.29) is 47.7 Å². The summed E-state index contributed by atoms with van der Waals surface area (Å²) in [5, 5.41) is 48.6. The van der Waals surface area contributed by atoms with Crippen LogP contribution in [0.25, 0.3) is 5.76 Å². The molecule has 9 N–H and O–H groups in total. The number of phenols is 1. The number of halogens is 3. The van der Waals surface area contributed by atoms with Gasteiger partial charge in [0, 0.05) is 42.5 Å². The number of aromatic hydroxyl groups is 1. The van der Waals surface area contributed by atoms with Gasteiger partial charge in [-0.3, -0.25) is 19.3 Å². The van der Waals surface area contributed by atoms with Gasteiger partial charge in [-0.1, -0.05) is 0 Å². The highest BCUT2D eigenvalue weighted by Crippen LogP contribution is 2.54. The Morgan fingerprint density at radius 3 is 2.25 bits per heavy atom. The number of hydrogen-bond donors (Lipinski definition) is 7. The first kappa shape index (κ1) is 34.3. The normalized spacial score (nSPS) is 24.4. The quantitative estimate of drug-likeness (QED) is 0.134. The number of nitrogens with two attached hydrogens (primary N) is 2. The summed E-state index contributed by atoms with van der Waals surface area (Å²) in [6, 6.07) is 4.51. The van der Waals surface area contributed by atoms with E-state index in [2.05, 4.69) is 10.3 Å². The Balaban J connectivity index is 1.56. The predicted octanol–water partition coefficient (Wildman–Crippen LogP) is 1.98. The summed E-state index contributed by atoms with van der Waals surface area (Å²) in [6.45, 7) is -0.260. The molecule has 1 fully saturated rings. The Morgan fingerprint density at radius 2 is 1.71 bits per heavy atom. The second-order valence-electron chi connectivity index (χ2n) is 12.5. The summed E-state index contributed by atoms with van der Waals surface area (Å²) in [5.74, 6) is -7.75. The molecule has 2 aromatic rings. The van der Waals surface area contributed by atoms with E-state index in [1.54, 1.807) is 25.1 Å². The molecule has 5 rings (SSSR count). The molecule has 16 heteroatoms. The molecule has 0 aromatic heterocycles. The molecular weight excluding hydrogens is 637 g/mol. The van der Waals surface area contributed by atoms with Crippen molar-refractivity contribution in [3.05, 3.63) is 69.5 Å². The van der Waals surface area contributed by atoms with Gasteiger partial charge in [-0.2, -0.15) is 13.2 Å². The first-order valence-electron chi connectivity index (χ1n) is 14.7. The number of Topliss-reactive ketones (excluding diaryl/α,β-unsaturated/α-hetero) is 2. The summed E-state index contributed by atoms with van der Waals surface area (Å²) in [5.41, 5.74) is 7.80. The van der Waals surface area contributed by atoms with Crippen molar-refractivity contribution in [2.45, 2.75) is 37.2 Å². The number of rotatable bonds is 6. The van der Waals surface area contributed by atoms with Crippen LogP contribution in [0.5, 0.6) is 5.75 Å². The predicted molar refractivity (Wildman–Crippen MR) is 169 cm³/mol. The molecule has 2 unspecified atom stereocenters. The van der Waals surface area contributed by atoms with Crippen LogP contribution in [-0.2, 0) is 33.5 Å². The molecule has 4 atom stereocenters. The average Bonchev–Trinajstić information content (AvgIpc) is 2.98. The number of anilines is 2. The maximum atomic E-state index is 14.1. The molecule has 2 aromatic carbocycles. The van der Waals surface area contributed by atoms with Gasteiger partial charge in [0.2, 0.25) is 5.78 Å². The van der Waals surface area contributed by atoms with Gasteiger partial charge in [0.25, 0.3) is 5.91 Å². The number of carbonyl (C=O) groups is 3. The van der Waals surface area contributed by atoms with Gasteiger partial charge >= 0.3 is 6.18 Å². The highest BCUT2D eigenvalue weighted by molar-refractivity contribution is 6.24. The van der Waals surface area contributed by atoms with E-state index in [1.807, 2.05) is 0 Å². The maximum absolute atomic E-state index is 14.1. The molecule has 0 spiro atoms. The Kier molecular flexibility index (Phi) is 8.46. The number of alkyl halides is 3. The molecule has 0 saturated heterocycles. The molecule has 13 nitrogen and oxygen atoms in total. The smallest absolute Gasteiger partial charge is 0.416 e. The summed E-state index contributed by atoms with van der Waals surface area (Å²) in [4.78, 5) is 46.9. The van der Waals surface area contributed by atoms with Crippen molar-refractivity contribution >= 4 is 40.6 Å². The van der Waals surface area contributed by atoms with Gasteiger partial charge in [0.15, 0.2) is 17.3 Å². The molecule has 3 aliphatic carbocycles. The number of nitrogens with zero attached hydrogens (tertiary/aromatic N) is 3. The summed E-state index contributed by atoms with van der Waals surface area (Å²) < 4.78 is 38.7. The van der Waals surface area contributed by atoms with Crippen LogP contribution >= 0.6 is 0 Å². The first-order chi connectivity index (χ1) is 22.3. The minimum absolute atomic E-state index is 0.0579. The molecule has 0 radical (unpaired) electrons. The zero-order valence-electron chi connectivity index (χ0n) is 26.4. The SMILES string of the molecule is CN(C)c1cc(CN=C(N)Nc2ccc(C(F)(F)F)cc2)c(O)c2c1CC1CC3[C@H](N(C)C)C(=O)C(C(N)=O)=C(O)[C@@]3(O)C(=O)C1=C2O. The molecule has 0 bridgehead atoms. The van der Waals surface area contributed by atoms with Gasteiger partial charge in [0.05, 0.1) is 23.7 Å². The van der Waals surface area contributed by atoms with Crippen LogP contribution in [0, 0.1) is 11.8 Å². The van der Waals surface area contributed by atoms with E-state index in [4.69, 9.17) is 11.5 Å². The lowest BCUT2D eigenvalue weighted by atomic mass is 9.57. The number of benzene rings is 2. The molecule has 1 saturated carbocycles. The van der Waals surface area contributed by atoms with E-state index in [0.717, 1.165) is 12.1 Å². The monoisotopic (exact) mass is 672 g/mol. The third-order valence-electron chi connectivity index (χ3n) is 9.16. The van der Waals surface area contributed by atoms with Crippen LogP contribution in [0.4, 0.5) is 24.5 Å². The van der Waals surface area contributed by atoms with Crippen molar-refractivity contribution in [3.63, 3.8) is 0 Å². The Morgan fingerprint density at radius 1 is 1.08 bits per heavy atom. The minimum atomic E-state index is -4.51. The number of aliphatic imine (C=N–C) groups is 1. The van der Waals surface area contributed by atoms with Crippen LogP contribution in [0.1, 0.15) is 28.7 Å². The summed E-state index contributed by atoms with van der Waals surface area (Å²) in [6.07, 6.45) is -4.48. The topological polar surface area (TPSA) is 215 Å². The Hall–Kier alpha value is -5.09. The highest BCUT2D eigenvalue weighted by atomic mass is 19.4. The zero-order chi connectivity index (χ0) is 35.6. The van der Waals surface area contributed by atoms with E-state index in [1.165, 1.54) is 31.1 Å². The number of likely N-dealkylation sites (N-methyl/N-ethyl adjacent to an activating group) is 1. The lowest BCUT2D eigenvalue weighted by Crippen LogP contribution is -2.65. The number of aliphatic hydroxyl groups is 3. The van der Waals surface area contributed by atoms with Gasteiger partial charge < -0.3 is 42.1 Å². The average molecular weight is 673 g/mol. The molecule has 3 aliphatic rings. The van der Waals surface area contributed by atoms with E-state index < -0.39 is 75.5 Å². The fourth-order valence-electron chi connectivity index (χ4n) is 6.97. The molecule has 256 valence electrons. The third-order valence-corrected chi connectivity index (χ3v) is 9.16. The highest BCUT2D eigenvalue weighted by Gasteiger charge is 2.64. The second kappa shape index (κ2) is 11.9. The number of hydrogen-bond acceptors (Lipinski definition) is 10. The molecule has 1 amide bonds. The molecular formula is C32H35F3N6O7. The minimum Gasteiger partial charge on any atom is -0.508 e.